The number of rotatable bonds is 3. The van der Waals surface area contributed by atoms with E-state index in [1.807, 2.05) is 19.1 Å². The van der Waals surface area contributed by atoms with Crippen LogP contribution in [0, 0.1) is 12.8 Å². The molecule has 3 rings (SSSR count). The van der Waals surface area contributed by atoms with Crippen molar-refractivity contribution in [2.45, 2.75) is 13.3 Å². The molecule has 124 valence electrons. The predicted octanol–water partition coefficient (Wildman–Crippen LogP) is 4.29. The molecule has 0 radical (unpaired) electrons. The summed E-state index contributed by atoms with van der Waals surface area (Å²) in [4.78, 5) is 26.4. The molecule has 0 saturated carbocycles. The van der Waals surface area contributed by atoms with Crippen LogP contribution in [0.15, 0.2) is 42.5 Å². The molecule has 1 fully saturated rings. The summed E-state index contributed by atoms with van der Waals surface area (Å²) in [6.45, 7) is 2.22. The topological polar surface area (TPSA) is 49.4 Å². The van der Waals surface area contributed by atoms with Crippen molar-refractivity contribution >= 4 is 46.4 Å². The number of hydrogen-bond donors (Lipinski definition) is 1. The van der Waals surface area contributed by atoms with Crippen LogP contribution in [-0.2, 0) is 9.59 Å². The van der Waals surface area contributed by atoms with E-state index in [-0.39, 0.29) is 18.2 Å². The van der Waals surface area contributed by atoms with Crippen molar-refractivity contribution in [1.29, 1.82) is 0 Å². The van der Waals surface area contributed by atoms with Crippen LogP contribution in [0.4, 0.5) is 11.4 Å². The van der Waals surface area contributed by atoms with E-state index < -0.39 is 5.92 Å². The fourth-order valence-corrected chi connectivity index (χ4v) is 3.16. The second kappa shape index (κ2) is 6.83. The molecule has 0 aromatic heterocycles. The summed E-state index contributed by atoms with van der Waals surface area (Å²) in [6, 6.07) is 12.4. The Morgan fingerprint density at radius 2 is 1.88 bits per heavy atom. The molecule has 1 atom stereocenters. The number of halogens is 2. The van der Waals surface area contributed by atoms with Crippen LogP contribution in [0.3, 0.4) is 0 Å². The Hall–Kier alpha value is -2.04. The lowest BCUT2D eigenvalue weighted by Crippen LogP contribution is -2.28. The number of para-hydroxylation sites is 1. The summed E-state index contributed by atoms with van der Waals surface area (Å²) in [5.74, 6) is -0.687. The normalized spacial score (nSPS) is 17.2. The number of anilines is 2. The Bertz CT molecular complexity index is 770. The molecule has 6 heteroatoms. The Morgan fingerprint density at radius 3 is 2.54 bits per heavy atom. The molecule has 1 unspecified atom stereocenters. The summed E-state index contributed by atoms with van der Waals surface area (Å²) in [6.07, 6.45) is 0.179. The minimum absolute atomic E-state index is 0.0756. The number of carbonyl (C=O) groups excluding carboxylic acids is 2. The quantitative estimate of drug-likeness (QED) is 0.884. The zero-order valence-electron chi connectivity index (χ0n) is 13.1. The summed E-state index contributed by atoms with van der Waals surface area (Å²) >= 11 is 12.0. The highest BCUT2D eigenvalue weighted by molar-refractivity contribution is 6.34. The first-order chi connectivity index (χ1) is 11.5. The average molecular weight is 363 g/mol. The second-order valence-corrected chi connectivity index (χ2v) is 6.65. The number of hydrogen-bond acceptors (Lipinski definition) is 2. The maximum atomic E-state index is 12.5. The lowest BCUT2D eigenvalue weighted by molar-refractivity contribution is -0.122. The zero-order chi connectivity index (χ0) is 17.3. The molecule has 1 N–H and O–H groups in total. The van der Waals surface area contributed by atoms with Gasteiger partial charge in [0.25, 0.3) is 0 Å². The molecule has 0 aliphatic carbocycles. The van der Waals surface area contributed by atoms with Crippen molar-refractivity contribution in [3.05, 3.63) is 58.1 Å². The highest BCUT2D eigenvalue weighted by Crippen LogP contribution is 2.29. The standard InChI is InChI=1S/C18H16Cl2N2O2/c1-11-3-2-4-15(20)17(11)21-18(24)12-9-16(23)22(10-12)14-7-5-13(19)6-8-14/h2-8,12H,9-10H2,1H3,(H,21,24). The van der Waals surface area contributed by atoms with E-state index in [1.54, 1.807) is 35.2 Å². The van der Waals surface area contributed by atoms with Crippen LogP contribution >= 0.6 is 23.2 Å². The van der Waals surface area contributed by atoms with E-state index in [9.17, 15) is 9.59 Å². The lowest BCUT2D eigenvalue weighted by atomic mass is 10.1. The highest BCUT2D eigenvalue weighted by atomic mass is 35.5. The van der Waals surface area contributed by atoms with E-state index in [0.717, 1.165) is 11.3 Å². The monoisotopic (exact) mass is 362 g/mol. The van der Waals surface area contributed by atoms with Crippen LogP contribution in [-0.4, -0.2) is 18.4 Å². The van der Waals surface area contributed by atoms with Gasteiger partial charge in [0, 0.05) is 23.7 Å². The molecular weight excluding hydrogens is 347 g/mol. The van der Waals surface area contributed by atoms with Gasteiger partial charge in [-0.1, -0.05) is 35.3 Å². The summed E-state index contributed by atoms with van der Waals surface area (Å²) < 4.78 is 0. The van der Waals surface area contributed by atoms with Gasteiger partial charge in [-0.15, -0.1) is 0 Å². The smallest absolute Gasteiger partial charge is 0.229 e. The van der Waals surface area contributed by atoms with Gasteiger partial charge >= 0.3 is 0 Å². The van der Waals surface area contributed by atoms with Crippen molar-refractivity contribution < 1.29 is 9.59 Å². The highest BCUT2D eigenvalue weighted by Gasteiger charge is 2.35. The van der Waals surface area contributed by atoms with Crippen LogP contribution in [0.2, 0.25) is 10.0 Å². The Balaban J connectivity index is 1.73. The molecule has 2 amide bonds. The van der Waals surface area contributed by atoms with E-state index in [0.29, 0.717) is 22.3 Å². The minimum atomic E-state index is -0.413. The number of nitrogens with one attached hydrogen (secondary N) is 1. The van der Waals surface area contributed by atoms with Crippen molar-refractivity contribution in [3.63, 3.8) is 0 Å². The van der Waals surface area contributed by atoms with Gasteiger partial charge < -0.3 is 10.2 Å². The molecule has 24 heavy (non-hydrogen) atoms. The number of benzene rings is 2. The summed E-state index contributed by atoms with van der Waals surface area (Å²) in [5.41, 5.74) is 2.23. The van der Waals surface area contributed by atoms with Crippen LogP contribution in [0.5, 0.6) is 0 Å². The molecule has 1 aliphatic rings. The van der Waals surface area contributed by atoms with Gasteiger partial charge in [0.2, 0.25) is 11.8 Å². The zero-order valence-corrected chi connectivity index (χ0v) is 14.6. The molecule has 2 aromatic carbocycles. The lowest BCUT2D eigenvalue weighted by Gasteiger charge is -2.17. The summed E-state index contributed by atoms with van der Waals surface area (Å²) in [5, 5.41) is 3.94. The Morgan fingerprint density at radius 1 is 1.17 bits per heavy atom. The van der Waals surface area contributed by atoms with Gasteiger partial charge in [-0.3, -0.25) is 9.59 Å². The van der Waals surface area contributed by atoms with E-state index in [2.05, 4.69) is 5.32 Å². The van der Waals surface area contributed by atoms with Gasteiger partial charge in [0.15, 0.2) is 0 Å². The minimum Gasteiger partial charge on any atom is -0.324 e. The van der Waals surface area contributed by atoms with Crippen molar-refractivity contribution in [1.82, 2.24) is 0 Å². The molecule has 1 saturated heterocycles. The van der Waals surface area contributed by atoms with Crippen LogP contribution in [0.25, 0.3) is 0 Å². The Kier molecular flexibility index (Phi) is 4.78. The fourth-order valence-electron chi connectivity index (χ4n) is 2.77. The number of aryl methyl sites for hydroxylation is 1. The second-order valence-electron chi connectivity index (χ2n) is 5.80. The maximum Gasteiger partial charge on any atom is 0.229 e. The number of carbonyl (C=O) groups is 2. The van der Waals surface area contributed by atoms with Gasteiger partial charge in [-0.2, -0.15) is 0 Å². The first kappa shape index (κ1) is 16.8. The Labute approximate surface area is 150 Å². The number of amides is 2. The third kappa shape index (κ3) is 3.40. The SMILES string of the molecule is Cc1cccc(Cl)c1NC(=O)C1CC(=O)N(c2ccc(Cl)cc2)C1. The molecule has 0 spiro atoms. The van der Waals surface area contributed by atoms with E-state index in [4.69, 9.17) is 23.2 Å². The van der Waals surface area contributed by atoms with Gasteiger partial charge in [0.1, 0.15) is 0 Å². The predicted molar refractivity (Wildman–Crippen MR) is 96.7 cm³/mol. The van der Waals surface area contributed by atoms with Crippen molar-refractivity contribution in [3.8, 4) is 0 Å². The first-order valence-electron chi connectivity index (χ1n) is 7.57. The molecular formula is C18H16Cl2N2O2. The van der Waals surface area contributed by atoms with Crippen LogP contribution < -0.4 is 10.2 Å². The molecule has 0 bridgehead atoms. The third-order valence-electron chi connectivity index (χ3n) is 4.10. The number of nitrogens with zero attached hydrogens (tertiary/aromatic N) is 1. The van der Waals surface area contributed by atoms with E-state index in [1.165, 1.54) is 0 Å². The maximum absolute atomic E-state index is 12.5. The third-order valence-corrected chi connectivity index (χ3v) is 4.67. The molecule has 4 nitrogen and oxygen atoms in total. The van der Waals surface area contributed by atoms with Gasteiger partial charge in [-0.25, -0.2) is 0 Å². The molecule has 1 aliphatic heterocycles. The van der Waals surface area contributed by atoms with E-state index >= 15 is 0 Å². The largest absolute Gasteiger partial charge is 0.324 e. The van der Waals surface area contributed by atoms with Gasteiger partial charge in [0.05, 0.1) is 16.6 Å². The van der Waals surface area contributed by atoms with Gasteiger partial charge in [-0.05, 0) is 42.8 Å². The average Bonchev–Trinajstić information content (AvgIpc) is 2.94. The summed E-state index contributed by atoms with van der Waals surface area (Å²) in [7, 11) is 0. The van der Waals surface area contributed by atoms with Crippen molar-refractivity contribution in [2.75, 3.05) is 16.8 Å². The fraction of sp³-hybridized carbons (Fsp3) is 0.222. The van der Waals surface area contributed by atoms with Crippen LogP contribution in [0.1, 0.15) is 12.0 Å². The first-order valence-corrected chi connectivity index (χ1v) is 8.33. The van der Waals surface area contributed by atoms with Crippen molar-refractivity contribution in [2.24, 2.45) is 5.92 Å². The molecule has 1 heterocycles. The molecule has 2 aromatic rings.